The van der Waals surface area contributed by atoms with Gasteiger partial charge in [-0.1, -0.05) is 36.4 Å². The molecule has 3 aromatic rings. The average Bonchev–Trinajstić information content (AvgIpc) is 3.04. The van der Waals surface area contributed by atoms with Gasteiger partial charge in [0, 0.05) is 5.69 Å². The smallest absolute Gasteiger partial charge is 0.282 e. The van der Waals surface area contributed by atoms with Crippen LogP contribution in [0.5, 0.6) is 11.5 Å². The van der Waals surface area contributed by atoms with E-state index >= 15 is 0 Å². The second kappa shape index (κ2) is 8.55. The largest absolute Gasteiger partial charge is 0.493 e. The second-order valence-electron chi connectivity index (χ2n) is 7.16. The first-order valence-electron chi connectivity index (χ1n) is 9.89. The molecule has 1 N–H and O–H groups in total. The van der Waals surface area contributed by atoms with Crippen molar-refractivity contribution >= 4 is 28.8 Å². The van der Waals surface area contributed by atoms with Crippen molar-refractivity contribution in [3.8, 4) is 11.5 Å². The van der Waals surface area contributed by atoms with E-state index in [1.165, 1.54) is 32.4 Å². The Hall–Kier alpha value is -4.13. The molecule has 0 unspecified atom stereocenters. The number of benzene rings is 3. The number of para-hydroxylation sites is 2. The average molecular weight is 432 g/mol. The third-order valence-electron chi connectivity index (χ3n) is 5.25. The summed E-state index contributed by atoms with van der Waals surface area (Å²) in [6, 6.07) is 18.0. The molecule has 0 atom stereocenters. The van der Waals surface area contributed by atoms with Gasteiger partial charge in [0.05, 0.1) is 25.5 Å². The molecule has 1 heterocycles. The van der Waals surface area contributed by atoms with Crippen molar-refractivity contribution in [1.29, 1.82) is 0 Å². The molecule has 0 saturated carbocycles. The van der Waals surface area contributed by atoms with Crippen molar-refractivity contribution in [2.45, 2.75) is 6.92 Å². The minimum Gasteiger partial charge on any atom is -0.493 e. The van der Waals surface area contributed by atoms with Gasteiger partial charge < -0.3 is 14.8 Å². The van der Waals surface area contributed by atoms with Gasteiger partial charge in [-0.15, -0.1) is 0 Å². The number of carbonyl (C=O) groups excluding carboxylic acids is 2. The van der Waals surface area contributed by atoms with Crippen molar-refractivity contribution in [3.63, 3.8) is 0 Å². The van der Waals surface area contributed by atoms with Crippen molar-refractivity contribution < 1.29 is 23.5 Å². The molecule has 0 aromatic heterocycles. The van der Waals surface area contributed by atoms with E-state index in [1.54, 1.807) is 30.3 Å². The monoisotopic (exact) mass is 432 g/mol. The van der Waals surface area contributed by atoms with Crippen LogP contribution in [-0.4, -0.2) is 26.0 Å². The lowest BCUT2D eigenvalue weighted by Gasteiger charge is -2.16. The zero-order chi connectivity index (χ0) is 22.8. The number of aryl methyl sites for hydroxylation is 1. The summed E-state index contributed by atoms with van der Waals surface area (Å²) in [6.45, 7) is 1.88. The summed E-state index contributed by atoms with van der Waals surface area (Å²) >= 11 is 0. The third-order valence-corrected chi connectivity index (χ3v) is 5.25. The SMILES string of the molecule is COc1ccc(C2=C(Nc3ccccc3C)C(=O)N(c3ccccc3F)C2=O)cc1OC. The molecule has 0 fully saturated rings. The summed E-state index contributed by atoms with van der Waals surface area (Å²) in [5.41, 5.74) is 2.05. The fourth-order valence-corrected chi connectivity index (χ4v) is 3.60. The van der Waals surface area contributed by atoms with Crippen LogP contribution in [-0.2, 0) is 9.59 Å². The van der Waals surface area contributed by atoms with Crippen LogP contribution in [0.25, 0.3) is 5.57 Å². The van der Waals surface area contributed by atoms with E-state index in [2.05, 4.69) is 5.32 Å². The number of rotatable bonds is 6. The summed E-state index contributed by atoms with van der Waals surface area (Å²) < 4.78 is 25.2. The number of anilines is 2. The molecule has 162 valence electrons. The Balaban J connectivity index is 1.89. The second-order valence-corrected chi connectivity index (χ2v) is 7.16. The third kappa shape index (κ3) is 3.58. The maximum absolute atomic E-state index is 14.5. The highest BCUT2D eigenvalue weighted by Crippen LogP contribution is 2.38. The molecule has 1 aliphatic heterocycles. The van der Waals surface area contributed by atoms with Gasteiger partial charge >= 0.3 is 0 Å². The number of carbonyl (C=O) groups is 2. The molecule has 7 heteroatoms. The van der Waals surface area contributed by atoms with Gasteiger partial charge in [0.2, 0.25) is 0 Å². The maximum Gasteiger partial charge on any atom is 0.282 e. The van der Waals surface area contributed by atoms with E-state index in [9.17, 15) is 14.0 Å². The predicted octanol–water partition coefficient (Wildman–Crippen LogP) is 4.55. The van der Waals surface area contributed by atoms with E-state index in [0.29, 0.717) is 22.7 Å². The normalized spacial score (nSPS) is 13.6. The van der Waals surface area contributed by atoms with Crippen LogP contribution < -0.4 is 19.7 Å². The minimum atomic E-state index is -0.669. The summed E-state index contributed by atoms with van der Waals surface area (Å²) in [6.07, 6.45) is 0. The quantitative estimate of drug-likeness (QED) is 0.579. The zero-order valence-corrected chi connectivity index (χ0v) is 17.8. The summed E-state index contributed by atoms with van der Waals surface area (Å²) in [5.74, 6) is -1.07. The highest BCUT2D eigenvalue weighted by Gasteiger charge is 2.41. The van der Waals surface area contributed by atoms with Crippen LogP contribution in [0.1, 0.15) is 11.1 Å². The van der Waals surface area contributed by atoms with Gasteiger partial charge in [-0.05, 0) is 48.4 Å². The molecule has 1 aliphatic rings. The summed E-state index contributed by atoms with van der Waals surface area (Å²) in [4.78, 5) is 27.7. The van der Waals surface area contributed by atoms with E-state index < -0.39 is 17.6 Å². The predicted molar refractivity (Wildman–Crippen MR) is 120 cm³/mol. The highest BCUT2D eigenvalue weighted by atomic mass is 19.1. The topological polar surface area (TPSA) is 67.9 Å². The fraction of sp³-hybridized carbons (Fsp3) is 0.120. The minimum absolute atomic E-state index is 0.0553. The zero-order valence-electron chi connectivity index (χ0n) is 17.8. The van der Waals surface area contributed by atoms with Crippen LogP contribution in [0.4, 0.5) is 15.8 Å². The molecular formula is C25H21FN2O4. The Morgan fingerprint density at radius 1 is 0.844 bits per heavy atom. The number of hydrogen-bond acceptors (Lipinski definition) is 5. The Bertz CT molecular complexity index is 1250. The van der Waals surface area contributed by atoms with E-state index in [-0.39, 0.29) is 17.0 Å². The van der Waals surface area contributed by atoms with Gasteiger partial charge in [-0.2, -0.15) is 0 Å². The van der Waals surface area contributed by atoms with Crippen molar-refractivity contribution in [1.82, 2.24) is 0 Å². The Labute approximate surface area is 184 Å². The Morgan fingerprint density at radius 3 is 2.22 bits per heavy atom. The number of nitrogens with zero attached hydrogens (tertiary/aromatic N) is 1. The molecule has 2 amide bonds. The molecule has 3 aromatic carbocycles. The molecule has 0 spiro atoms. The number of nitrogens with one attached hydrogen (secondary N) is 1. The first-order valence-corrected chi connectivity index (χ1v) is 9.89. The molecular weight excluding hydrogens is 411 g/mol. The Morgan fingerprint density at radius 2 is 1.53 bits per heavy atom. The van der Waals surface area contributed by atoms with Crippen LogP contribution in [0.15, 0.2) is 72.4 Å². The van der Waals surface area contributed by atoms with Crippen molar-refractivity contribution in [3.05, 3.63) is 89.4 Å². The van der Waals surface area contributed by atoms with E-state index in [1.807, 2.05) is 25.1 Å². The van der Waals surface area contributed by atoms with E-state index in [0.717, 1.165) is 10.5 Å². The number of ether oxygens (including phenoxy) is 2. The summed E-state index contributed by atoms with van der Waals surface area (Å²) in [5, 5.41) is 3.10. The lowest BCUT2D eigenvalue weighted by Crippen LogP contribution is -2.33. The molecule has 32 heavy (non-hydrogen) atoms. The van der Waals surface area contributed by atoms with Gasteiger partial charge in [0.25, 0.3) is 11.8 Å². The van der Waals surface area contributed by atoms with Gasteiger partial charge in [-0.25, -0.2) is 9.29 Å². The number of methoxy groups -OCH3 is 2. The van der Waals surface area contributed by atoms with Crippen LogP contribution in [0.2, 0.25) is 0 Å². The molecule has 0 radical (unpaired) electrons. The summed E-state index contributed by atoms with van der Waals surface area (Å²) in [7, 11) is 2.99. The molecule has 0 bridgehead atoms. The first kappa shape index (κ1) is 21.1. The van der Waals surface area contributed by atoms with E-state index in [4.69, 9.17) is 9.47 Å². The van der Waals surface area contributed by atoms with Gasteiger partial charge in [0.1, 0.15) is 11.5 Å². The lowest BCUT2D eigenvalue weighted by molar-refractivity contribution is -0.120. The number of hydrogen-bond donors (Lipinski definition) is 1. The van der Waals surface area contributed by atoms with Crippen LogP contribution in [0, 0.1) is 12.7 Å². The van der Waals surface area contributed by atoms with Gasteiger partial charge in [-0.3, -0.25) is 9.59 Å². The first-order chi connectivity index (χ1) is 15.5. The fourth-order valence-electron chi connectivity index (χ4n) is 3.60. The highest BCUT2D eigenvalue weighted by molar-refractivity contribution is 6.46. The molecule has 6 nitrogen and oxygen atoms in total. The molecule has 0 aliphatic carbocycles. The van der Waals surface area contributed by atoms with Crippen LogP contribution in [0.3, 0.4) is 0 Å². The van der Waals surface area contributed by atoms with Crippen molar-refractivity contribution in [2.24, 2.45) is 0 Å². The van der Waals surface area contributed by atoms with Gasteiger partial charge in [0.15, 0.2) is 11.5 Å². The lowest BCUT2D eigenvalue weighted by atomic mass is 10.0. The van der Waals surface area contributed by atoms with Crippen LogP contribution >= 0.6 is 0 Å². The number of imide groups is 1. The number of halogens is 1. The maximum atomic E-state index is 14.5. The number of amides is 2. The van der Waals surface area contributed by atoms with Crippen molar-refractivity contribution in [2.75, 3.05) is 24.4 Å². The molecule has 0 saturated heterocycles. The standard InChI is InChI=1S/C25H21FN2O4/c1-15-8-4-6-10-18(15)27-23-22(16-12-13-20(31-2)21(14-16)32-3)24(29)28(25(23)30)19-11-7-5-9-17(19)26/h4-14,27H,1-3H3. The molecule has 4 rings (SSSR count). The Kier molecular flexibility index (Phi) is 5.64.